The second-order valence-electron chi connectivity index (χ2n) is 3.69. The van der Waals surface area contributed by atoms with Gasteiger partial charge in [0, 0.05) is 6.20 Å². The molecule has 1 aromatic carbocycles. The van der Waals surface area contributed by atoms with Gasteiger partial charge < -0.3 is 10.8 Å². The van der Waals surface area contributed by atoms with Crippen LogP contribution in [0, 0.1) is 0 Å². The molecule has 96 valence electrons. The molecule has 3 N–H and O–H groups in total. The number of halogens is 3. The van der Waals surface area contributed by atoms with E-state index < -0.39 is 17.8 Å². The molecule has 0 aliphatic heterocycles. The van der Waals surface area contributed by atoms with Crippen LogP contribution in [0.4, 0.5) is 19.0 Å². The lowest BCUT2D eigenvalue weighted by atomic mass is 10.2. The fourth-order valence-electron chi connectivity index (χ4n) is 1.50. The summed E-state index contributed by atoms with van der Waals surface area (Å²) in [6.07, 6.45) is -6.32. The molecule has 2 rings (SSSR count). The molecule has 0 aliphatic carbocycles. The maximum atomic E-state index is 12.4. The second kappa shape index (κ2) is 4.34. The van der Waals surface area contributed by atoms with E-state index in [4.69, 9.17) is 10.8 Å². The molecule has 18 heavy (non-hydrogen) atoms. The third kappa shape index (κ3) is 2.30. The van der Waals surface area contributed by atoms with Crippen molar-refractivity contribution < 1.29 is 18.3 Å². The maximum absolute atomic E-state index is 12.4. The number of hydrogen-bond donors (Lipinski definition) is 2. The number of aromatic nitrogens is 2. The van der Waals surface area contributed by atoms with Crippen LogP contribution < -0.4 is 5.73 Å². The van der Waals surface area contributed by atoms with E-state index in [0.29, 0.717) is 5.69 Å². The van der Waals surface area contributed by atoms with Gasteiger partial charge in [-0.1, -0.05) is 18.2 Å². The first-order valence-electron chi connectivity index (χ1n) is 5.05. The smallest absolute Gasteiger partial charge is 0.382 e. The number of aliphatic hydroxyl groups excluding tert-OH is 1. The standard InChI is InChI=1S/C11H10F3N3O/c12-11(13,14)9(18)8-6-17(16-10(8)15)7-4-2-1-3-5-7/h1-6,9,18H,(H2,15,16). The molecular formula is C11H10F3N3O. The number of nitrogens with two attached hydrogens (primary N) is 1. The molecule has 2 aromatic rings. The predicted octanol–water partition coefficient (Wildman–Crippen LogP) is 2.05. The molecular weight excluding hydrogens is 247 g/mol. The highest BCUT2D eigenvalue weighted by atomic mass is 19.4. The summed E-state index contributed by atoms with van der Waals surface area (Å²) in [6.45, 7) is 0. The Labute approximate surface area is 100 Å². The summed E-state index contributed by atoms with van der Waals surface area (Å²) in [4.78, 5) is 0. The van der Waals surface area contributed by atoms with Crippen LogP contribution in [0.25, 0.3) is 5.69 Å². The summed E-state index contributed by atoms with van der Waals surface area (Å²) in [6, 6.07) is 8.52. The number of aliphatic hydroxyl groups is 1. The van der Waals surface area contributed by atoms with E-state index in [0.717, 1.165) is 6.20 Å². The monoisotopic (exact) mass is 257 g/mol. The summed E-state index contributed by atoms with van der Waals surface area (Å²) < 4.78 is 38.3. The first-order chi connectivity index (χ1) is 8.39. The Morgan fingerprint density at radius 1 is 1.22 bits per heavy atom. The Hall–Kier alpha value is -2.02. The van der Waals surface area contributed by atoms with E-state index in [1.165, 1.54) is 4.68 Å². The zero-order valence-electron chi connectivity index (χ0n) is 9.09. The van der Waals surface area contributed by atoms with E-state index in [1.807, 2.05) is 0 Å². The van der Waals surface area contributed by atoms with E-state index in [9.17, 15) is 13.2 Å². The van der Waals surface area contributed by atoms with Crippen LogP contribution in [0.2, 0.25) is 0 Å². The van der Waals surface area contributed by atoms with E-state index in [1.54, 1.807) is 30.3 Å². The number of hydrogen-bond acceptors (Lipinski definition) is 3. The number of nitrogens with zero attached hydrogens (tertiary/aromatic N) is 2. The molecule has 1 atom stereocenters. The van der Waals surface area contributed by atoms with Gasteiger partial charge in [0.1, 0.15) is 0 Å². The van der Waals surface area contributed by atoms with Crippen LogP contribution in [-0.2, 0) is 0 Å². The number of nitrogen functional groups attached to an aromatic ring is 1. The van der Waals surface area contributed by atoms with Crippen LogP contribution in [0.3, 0.4) is 0 Å². The third-order valence-corrected chi connectivity index (χ3v) is 2.40. The topological polar surface area (TPSA) is 64.1 Å². The van der Waals surface area contributed by atoms with Gasteiger partial charge in [-0.25, -0.2) is 4.68 Å². The highest BCUT2D eigenvalue weighted by Gasteiger charge is 2.41. The SMILES string of the molecule is Nc1nn(-c2ccccc2)cc1C(O)C(F)(F)F. The molecule has 0 spiro atoms. The minimum Gasteiger partial charge on any atom is -0.382 e. The Kier molecular flexibility index (Phi) is 3.00. The molecule has 0 aliphatic rings. The van der Waals surface area contributed by atoms with Crippen molar-refractivity contribution in [1.29, 1.82) is 0 Å². The van der Waals surface area contributed by atoms with Crippen LogP contribution in [0.1, 0.15) is 11.7 Å². The van der Waals surface area contributed by atoms with Crippen molar-refractivity contribution >= 4 is 5.82 Å². The van der Waals surface area contributed by atoms with Crippen LogP contribution in [0.5, 0.6) is 0 Å². The lowest BCUT2D eigenvalue weighted by molar-refractivity contribution is -0.206. The van der Waals surface area contributed by atoms with Gasteiger partial charge in [0.25, 0.3) is 0 Å². The van der Waals surface area contributed by atoms with Gasteiger partial charge in [0.05, 0.1) is 11.3 Å². The Bertz CT molecular complexity index is 536. The van der Waals surface area contributed by atoms with Crippen molar-refractivity contribution in [3.63, 3.8) is 0 Å². The van der Waals surface area contributed by atoms with Gasteiger partial charge in [-0.05, 0) is 12.1 Å². The fraction of sp³-hybridized carbons (Fsp3) is 0.182. The molecule has 7 heteroatoms. The van der Waals surface area contributed by atoms with Crippen molar-refractivity contribution in [2.75, 3.05) is 5.73 Å². The van der Waals surface area contributed by atoms with Crippen molar-refractivity contribution in [2.24, 2.45) is 0 Å². The Morgan fingerprint density at radius 3 is 2.39 bits per heavy atom. The van der Waals surface area contributed by atoms with Crippen molar-refractivity contribution in [3.05, 3.63) is 42.1 Å². The molecule has 0 saturated carbocycles. The van der Waals surface area contributed by atoms with Gasteiger partial charge in [-0.2, -0.15) is 18.3 Å². The Balaban J connectivity index is 2.39. The lowest BCUT2D eigenvalue weighted by Crippen LogP contribution is -2.20. The number of rotatable bonds is 2. The van der Waals surface area contributed by atoms with Gasteiger partial charge in [-0.3, -0.25) is 0 Å². The average Bonchev–Trinajstić information content (AvgIpc) is 2.70. The molecule has 1 heterocycles. The second-order valence-corrected chi connectivity index (χ2v) is 3.69. The van der Waals surface area contributed by atoms with E-state index in [2.05, 4.69) is 5.10 Å². The predicted molar refractivity (Wildman–Crippen MR) is 59.0 cm³/mol. The minimum absolute atomic E-state index is 0.344. The molecule has 1 unspecified atom stereocenters. The lowest BCUT2D eigenvalue weighted by Gasteiger charge is -2.12. The highest BCUT2D eigenvalue weighted by Crippen LogP contribution is 2.35. The zero-order valence-corrected chi connectivity index (χ0v) is 9.09. The van der Waals surface area contributed by atoms with Gasteiger partial charge in [0.15, 0.2) is 11.9 Å². The summed E-state index contributed by atoms with van der Waals surface area (Å²) in [5, 5.41) is 12.9. The summed E-state index contributed by atoms with van der Waals surface area (Å²) in [7, 11) is 0. The molecule has 4 nitrogen and oxygen atoms in total. The third-order valence-electron chi connectivity index (χ3n) is 2.40. The molecule has 0 amide bonds. The van der Waals surface area contributed by atoms with E-state index >= 15 is 0 Å². The average molecular weight is 257 g/mol. The first kappa shape index (κ1) is 12.4. The molecule has 0 bridgehead atoms. The van der Waals surface area contributed by atoms with Gasteiger partial charge >= 0.3 is 6.18 Å². The van der Waals surface area contributed by atoms with Crippen molar-refractivity contribution in [1.82, 2.24) is 9.78 Å². The van der Waals surface area contributed by atoms with E-state index in [-0.39, 0.29) is 5.82 Å². The summed E-state index contributed by atoms with van der Waals surface area (Å²) in [5.74, 6) is -0.344. The van der Waals surface area contributed by atoms with Crippen LogP contribution >= 0.6 is 0 Å². The maximum Gasteiger partial charge on any atom is 0.418 e. The molecule has 0 fully saturated rings. The van der Waals surface area contributed by atoms with Crippen LogP contribution in [0.15, 0.2) is 36.5 Å². The number of para-hydroxylation sites is 1. The van der Waals surface area contributed by atoms with Gasteiger partial charge in [-0.15, -0.1) is 0 Å². The molecule has 0 saturated heterocycles. The van der Waals surface area contributed by atoms with Crippen molar-refractivity contribution in [3.8, 4) is 5.69 Å². The fourth-order valence-corrected chi connectivity index (χ4v) is 1.50. The summed E-state index contributed by atoms with van der Waals surface area (Å²) in [5.41, 5.74) is 5.49. The van der Waals surface area contributed by atoms with Crippen molar-refractivity contribution in [2.45, 2.75) is 12.3 Å². The quantitative estimate of drug-likeness (QED) is 0.865. The van der Waals surface area contributed by atoms with Crippen LogP contribution in [-0.4, -0.2) is 21.1 Å². The normalized spacial score (nSPS) is 13.6. The number of alkyl halides is 3. The highest BCUT2D eigenvalue weighted by molar-refractivity contribution is 5.43. The zero-order chi connectivity index (χ0) is 13.3. The number of benzene rings is 1. The summed E-state index contributed by atoms with van der Waals surface area (Å²) >= 11 is 0. The minimum atomic E-state index is -4.77. The molecule has 1 aromatic heterocycles. The van der Waals surface area contributed by atoms with Gasteiger partial charge in [0.2, 0.25) is 0 Å². The Morgan fingerprint density at radius 2 is 1.83 bits per heavy atom. The molecule has 0 radical (unpaired) electrons. The largest absolute Gasteiger partial charge is 0.418 e. The number of anilines is 1. The first-order valence-corrected chi connectivity index (χ1v) is 5.05.